The Hall–Kier alpha value is -4.92. The summed E-state index contributed by atoms with van der Waals surface area (Å²) in [5.74, 6) is 1.46. The molecule has 9 heteroatoms. The van der Waals surface area contributed by atoms with Crippen LogP contribution >= 0.6 is 0 Å². The zero-order valence-electron chi connectivity index (χ0n) is 22.3. The first-order valence-corrected chi connectivity index (χ1v) is 12.6. The maximum absolute atomic E-state index is 13.5. The fourth-order valence-electron chi connectivity index (χ4n) is 4.64. The van der Waals surface area contributed by atoms with Gasteiger partial charge >= 0.3 is 6.03 Å². The summed E-state index contributed by atoms with van der Waals surface area (Å²) in [6, 6.07) is 16.4. The van der Waals surface area contributed by atoms with Crippen LogP contribution in [-0.4, -0.2) is 33.1 Å². The van der Waals surface area contributed by atoms with E-state index in [4.69, 9.17) is 4.74 Å². The van der Waals surface area contributed by atoms with Crippen molar-refractivity contribution < 1.29 is 9.53 Å². The van der Waals surface area contributed by atoms with Crippen molar-refractivity contribution >= 4 is 28.4 Å². The van der Waals surface area contributed by atoms with E-state index in [-0.39, 0.29) is 11.1 Å². The number of aromatic nitrogens is 4. The van der Waals surface area contributed by atoms with Gasteiger partial charge in [-0.25, -0.2) is 14.8 Å². The number of pyridine rings is 2. The summed E-state index contributed by atoms with van der Waals surface area (Å²) in [6.45, 7) is 6.25. The van der Waals surface area contributed by atoms with Crippen molar-refractivity contribution in [3.63, 3.8) is 0 Å². The molecule has 0 unspecified atom stereocenters. The molecule has 0 aliphatic heterocycles. The highest BCUT2D eigenvalue weighted by Gasteiger charge is 2.22. The first-order valence-electron chi connectivity index (χ1n) is 12.6. The van der Waals surface area contributed by atoms with Crippen LogP contribution in [0.15, 0.2) is 78.0 Å². The van der Waals surface area contributed by atoms with Crippen LogP contribution in [-0.2, 0) is 11.8 Å². The number of imidazole rings is 1. The summed E-state index contributed by atoms with van der Waals surface area (Å²) in [6.07, 6.45) is 5.69. The van der Waals surface area contributed by atoms with E-state index < -0.39 is 11.6 Å². The second-order valence-electron chi connectivity index (χ2n) is 10.3. The molecule has 0 saturated heterocycles. The van der Waals surface area contributed by atoms with Gasteiger partial charge in [-0.1, -0.05) is 45.0 Å². The van der Waals surface area contributed by atoms with Gasteiger partial charge in [-0.2, -0.15) is 0 Å². The maximum Gasteiger partial charge on any atom is 0.323 e. The average molecular weight is 523 g/mol. The molecule has 4 N–H and O–H groups in total. The normalized spacial score (nSPS) is 11.4. The monoisotopic (exact) mass is 522 g/mol. The van der Waals surface area contributed by atoms with Gasteiger partial charge in [0, 0.05) is 41.6 Å². The lowest BCUT2D eigenvalue weighted by molar-refractivity contribution is 0.262. The molecule has 0 fully saturated rings. The molecule has 3 aromatic heterocycles. The third kappa shape index (κ3) is 5.52. The Bertz CT molecular complexity index is 1700. The molecule has 3 heterocycles. The maximum atomic E-state index is 13.5. The van der Waals surface area contributed by atoms with Crippen molar-refractivity contribution in [1.82, 2.24) is 19.9 Å². The number of benzene rings is 2. The number of urea groups is 1. The Balaban J connectivity index is 1.54. The molecule has 0 bridgehead atoms. The van der Waals surface area contributed by atoms with Crippen LogP contribution in [0.2, 0.25) is 0 Å². The Morgan fingerprint density at radius 3 is 2.59 bits per heavy atom. The van der Waals surface area contributed by atoms with Gasteiger partial charge in [0.1, 0.15) is 22.9 Å². The molecule has 0 spiro atoms. The third-order valence-corrected chi connectivity index (χ3v) is 6.45. The lowest BCUT2D eigenvalue weighted by atomic mass is 9.85. The van der Waals surface area contributed by atoms with Gasteiger partial charge in [0.05, 0.1) is 7.11 Å². The number of nitrogens with one attached hydrogen (secondary N) is 4. The predicted molar refractivity (Wildman–Crippen MR) is 154 cm³/mol. The number of amides is 2. The summed E-state index contributed by atoms with van der Waals surface area (Å²) in [7, 11) is 1.58. The van der Waals surface area contributed by atoms with Gasteiger partial charge in [-0.05, 0) is 52.4 Å². The zero-order chi connectivity index (χ0) is 27.6. The van der Waals surface area contributed by atoms with E-state index in [1.165, 1.54) is 0 Å². The fraction of sp³-hybridized carbons (Fsp3) is 0.200. The van der Waals surface area contributed by atoms with E-state index in [1.54, 1.807) is 31.8 Å². The second kappa shape index (κ2) is 10.4. The number of hydrogen-bond acceptors (Lipinski definition) is 5. The van der Waals surface area contributed by atoms with Crippen LogP contribution in [0.4, 0.5) is 16.2 Å². The molecule has 9 nitrogen and oxygen atoms in total. The number of ether oxygens (including phenoxy) is 1. The highest BCUT2D eigenvalue weighted by atomic mass is 16.5. The number of nitrogens with zero attached hydrogens (tertiary/aromatic N) is 2. The van der Waals surface area contributed by atoms with Crippen molar-refractivity contribution in [1.29, 1.82) is 0 Å². The lowest BCUT2D eigenvalue weighted by Crippen LogP contribution is -2.27. The Morgan fingerprint density at radius 1 is 1.00 bits per heavy atom. The number of carbonyl (C=O) groups excluding carboxylic acids is 1. The number of hydrogen-bond donors (Lipinski definition) is 4. The van der Waals surface area contributed by atoms with Gasteiger partial charge in [0.15, 0.2) is 0 Å². The van der Waals surface area contributed by atoms with E-state index in [0.717, 1.165) is 17.0 Å². The fourth-order valence-corrected chi connectivity index (χ4v) is 4.64. The van der Waals surface area contributed by atoms with E-state index in [0.29, 0.717) is 40.0 Å². The molecular weight excluding hydrogens is 492 g/mol. The number of aromatic amines is 2. The molecule has 0 aliphatic rings. The summed E-state index contributed by atoms with van der Waals surface area (Å²) in [4.78, 5) is 41.2. The SMILES string of the molecule is COc1cccc(-c2c(NC(=O)Nc3cc(Cc4ncc[nH]4)ccc3C(C)(C)C)c(=O)[nH]c3ncccc23)c1. The molecule has 0 radical (unpaired) electrons. The Morgan fingerprint density at radius 2 is 1.85 bits per heavy atom. The standard InChI is InChI=1S/C30H30N6O3/c1-30(2,3)22-11-10-18(16-24-31-13-14-32-24)15-23(22)34-29(38)35-26-25(19-7-5-8-20(17-19)39-4)21-9-6-12-33-27(21)36-28(26)37/h5-15,17H,16H2,1-4H3,(H,31,32)(H,33,36,37)(H2,34,35,38). The minimum atomic E-state index is -0.534. The molecule has 2 amide bonds. The van der Waals surface area contributed by atoms with Crippen LogP contribution in [0.25, 0.3) is 22.2 Å². The first kappa shape index (κ1) is 25.7. The Kier molecular flexibility index (Phi) is 6.89. The second-order valence-corrected chi connectivity index (χ2v) is 10.3. The average Bonchev–Trinajstić information content (AvgIpc) is 3.41. The smallest absolute Gasteiger partial charge is 0.323 e. The molecule has 0 saturated carbocycles. The van der Waals surface area contributed by atoms with E-state index in [1.807, 2.05) is 48.5 Å². The number of H-pyrrole nitrogens is 2. The number of anilines is 2. The molecule has 0 aliphatic carbocycles. The highest BCUT2D eigenvalue weighted by Crippen LogP contribution is 2.34. The molecule has 0 atom stereocenters. The van der Waals surface area contributed by atoms with Gasteiger partial charge in [0.25, 0.3) is 5.56 Å². The number of rotatable bonds is 6. The minimum absolute atomic E-state index is 0.116. The molecule has 198 valence electrons. The summed E-state index contributed by atoms with van der Waals surface area (Å²) >= 11 is 0. The zero-order valence-corrected chi connectivity index (χ0v) is 22.3. The molecule has 2 aromatic carbocycles. The third-order valence-electron chi connectivity index (χ3n) is 6.45. The number of methoxy groups -OCH3 is 1. The predicted octanol–water partition coefficient (Wildman–Crippen LogP) is 5.85. The van der Waals surface area contributed by atoms with Crippen molar-refractivity contribution in [3.05, 3.63) is 100 Å². The quantitative estimate of drug-likeness (QED) is 0.223. The van der Waals surface area contributed by atoms with E-state index in [2.05, 4.69) is 51.3 Å². The summed E-state index contributed by atoms with van der Waals surface area (Å²) < 4.78 is 5.40. The molecule has 5 rings (SSSR count). The van der Waals surface area contributed by atoms with Gasteiger partial charge in [0.2, 0.25) is 0 Å². The van der Waals surface area contributed by atoms with Crippen LogP contribution in [0.3, 0.4) is 0 Å². The summed E-state index contributed by atoms with van der Waals surface area (Å²) in [5.41, 5.74) is 3.72. The van der Waals surface area contributed by atoms with E-state index in [9.17, 15) is 9.59 Å². The van der Waals surface area contributed by atoms with Crippen molar-refractivity contribution in [2.75, 3.05) is 17.7 Å². The lowest BCUT2D eigenvalue weighted by Gasteiger charge is -2.24. The van der Waals surface area contributed by atoms with Crippen LogP contribution in [0.1, 0.15) is 37.7 Å². The summed E-state index contributed by atoms with van der Waals surface area (Å²) in [5, 5.41) is 6.50. The first-order chi connectivity index (χ1) is 18.7. The van der Waals surface area contributed by atoms with Gasteiger partial charge < -0.3 is 25.3 Å². The number of fused-ring (bicyclic) bond motifs is 1. The molecule has 39 heavy (non-hydrogen) atoms. The van der Waals surface area contributed by atoms with Crippen molar-refractivity contribution in [3.8, 4) is 16.9 Å². The number of carbonyl (C=O) groups is 1. The Labute approximate surface area is 225 Å². The van der Waals surface area contributed by atoms with Crippen molar-refractivity contribution in [2.45, 2.75) is 32.6 Å². The molecular formula is C30H30N6O3. The van der Waals surface area contributed by atoms with Crippen LogP contribution in [0, 0.1) is 0 Å². The highest BCUT2D eigenvalue weighted by molar-refractivity contribution is 6.07. The van der Waals surface area contributed by atoms with Gasteiger partial charge in [-0.15, -0.1) is 0 Å². The van der Waals surface area contributed by atoms with Crippen molar-refractivity contribution in [2.24, 2.45) is 0 Å². The molecule has 5 aromatic rings. The van der Waals surface area contributed by atoms with E-state index >= 15 is 0 Å². The topological polar surface area (TPSA) is 125 Å². The van der Waals surface area contributed by atoms with Crippen LogP contribution in [0.5, 0.6) is 5.75 Å². The van der Waals surface area contributed by atoms with Crippen LogP contribution < -0.4 is 20.9 Å². The van der Waals surface area contributed by atoms with Gasteiger partial charge in [-0.3, -0.25) is 4.79 Å². The largest absolute Gasteiger partial charge is 0.497 e. The minimum Gasteiger partial charge on any atom is -0.497 e.